The average molecular weight is 940 g/mol. The smallest absolute Gasteiger partial charge is 0.326 e. The predicted molar refractivity (Wildman–Crippen MR) is 238 cm³/mol. The first-order valence-electron chi connectivity index (χ1n) is 21.6. The van der Waals surface area contributed by atoms with Crippen LogP contribution in [0.4, 0.5) is 0 Å². The number of hydrogen-bond donors (Lipinski definition) is 13. The highest BCUT2D eigenvalue weighted by Crippen LogP contribution is 2.20. The van der Waals surface area contributed by atoms with Crippen LogP contribution in [0, 0.1) is 17.8 Å². The van der Waals surface area contributed by atoms with Gasteiger partial charge in [0.2, 0.25) is 41.4 Å². The molecule has 67 heavy (non-hydrogen) atoms. The van der Waals surface area contributed by atoms with Crippen molar-refractivity contribution >= 4 is 70.2 Å². The molecule has 0 radical (unpaired) electrons. The predicted octanol–water partition coefficient (Wildman–Crippen LogP) is -1.58. The Kier molecular flexibility index (Phi) is 20.4. The van der Waals surface area contributed by atoms with Gasteiger partial charge in [0.15, 0.2) is 0 Å². The molecule has 1 aromatic carbocycles. The number of amides is 7. The standard InChI is InChI=1S/C43H61N11O13/c1-7-22(6)36(54-37(60)26(44)14-32(56)57)42(65)51-29(13-24-17-45-19-48-24)40(63)53-34(20(2)3)41(64)50-28(12-23-16-46-27-11-9-8-10-25(23)27)39(62)49-30(15-33(58)59)38(61)47-18-31(55)52-35(21(4)5)43(66)67/h8-11,16-17,19-22,26,28-30,34-36,46H,7,12-15,18,44H2,1-6H3,(H,45,48)(H,47,61)(H,49,62)(H,50,64)(H,51,65)(H,52,55)(H,53,63)(H,54,60)(H,56,57)(H,58,59)(H,66,67)/t22-,26-,28-,29-,30-,34-,35-,36-/m0/s1. The van der Waals surface area contributed by atoms with Gasteiger partial charge in [-0.05, 0) is 29.4 Å². The van der Waals surface area contributed by atoms with Crippen molar-refractivity contribution in [3.05, 3.63) is 54.2 Å². The molecule has 0 bridgehead atoms. The molecule has 3 aromatic rings. The van der Waals surface area contributed by atoms with E-state index in [2.05, 4.69) is 52.2 Å². The first-order chi connectivity index (χ1) is 31.5. The lowest BCUT2D eigenvalue weighted by Gasteiger charge is -2.29. The highest BCUT2D eigenvalue weighted by Gasteiger charge is 2.36. The van der Waals surface area contributed by atoms with Crippen LogP contribution in [0.2, 0.25) is 0 Å². The topological polar surface area (TPSA) is 386 Å². The molecule has 0 aliphatic heterocycles. The van der Waals surface area contributed by atoms with Crippen LogP contribution < -0.4 is 43.0 Å². The van der Waals surface area contributed by atoms with Gasteiger partial charge in [0, 0.05) is 41.8 Å². The molecule has 366 valence electrons. The van der Waals surface area contributed by atoms with Gasteiger partial charge in [-0.1, -0.05) is 66.2 Å². The van der Waals surface area contributed by atoms with Crippen molar-refractivity contribution < 1.29 is 63.3 Å². The van der Waals surface area contributed by atoms with Crippen LogP contribution in [0.1, 0.15) is 72.1 Å². The highest BCUT2D eigenvalue weighted by atomic mass is 16.4. The van der Waals surface area contributed by atoms with Crippen LogP contribution in [0.15, 0.2) is 43.0 Å². The second-order valence-electron chi connectivity index (χ2n) is 16.8. The molecule has 2 aromatic heterocycles. The van der Waals surface area contributed by atoms with Gasteiger partial charge in [-0.2, -0.15) is 0 Å². The second-order valence-corrected chi connectivity index (χ2v) is 16.8. The van der Waals surface area contributed by atoms with Gasteiger partial charge in [0.05, 0.1) is 31.8 Å². The zero-order valence-corrected chi connectivity index (χ0v) is 38.0. The Morgan fingerprint density at radius 2 is 1.21 bits per heavy atom. The van der Waals surface area contributed by atoms with Gasteiger partial charge >= 0.3 is 17.9 Å². The highest BCUT2D eigenvalue weighted by molar-refractivity contribution is 5.98. The molecule has 2 heterocycles. The number of aliphatic carboxylic acids is 3. The number of nitrogens with zero attached hydrogens (tertiary/aromatic N) is 1. The minimum Gasteiger partial charge on any atom is -0.481 e. The van der Waals surface area contributed by atoms with Crippen molar-refractivity contribution in [2.45, 2.75) is 116 Å². The fourth-order valence-electron chi connectivity index (χ4n) is 6.79. The van der Waals surface area contributed by atoms with E-state index in [1.807, 2.05) is 0 Å². The molecule has 0 saturated heterocycles. The van der Waals surface area contributed by atoms with Crippen LogP contribution in [0.5, 0.6) is 0 Å². The molecule has 0 unspecified atom stereocenters. The molecular formula is C43H61N11O13. The van der Waals surface area contributed by atoms with Crippen LogP contribution in [-0.4, -0.2) is 138 Å². The molecule has 0 spiro atoms. The monoisotopic (exact) mass is 939 g/mol. The van der Waals surface area contributed by atoms with E-state index in [1.165, 1.54) is 12.5 Å². The number of H-pyrrole nitrogens is 2. The van der Waals surface area contributed by atoms with Crippen LogP contribution in [-0.2, 0) is 60.8 Å². The number of hydrogen-bond acceptors (Lipinski definition) is 12. The SMILES string of the molecule is CC[C@H](C)[C@H](NC(=O)[C@@H](N)CC(=O)O)C(=O)N[C@@H](Cc1cnc[nH]1)C(=O)N[C@H](C(=O)N[C@@H](Cc1c[nH]c2ccccc12)C(=O)N[C@@H](CC(=O)O)C(=O)NCC(=O)N[C@H](C(=O)O)C(C)C)C(C)C. The summed E-state index contributed by atoms with van der Waals surface area (Å²) in [6, 6.07) is -3.08. The van der Waals surface area contributed by atoms with Gasteiger partial charge in [-0.3, -0.25) is 43.2 Å². The lowest BCUT2D eigenvalue weighted by molar-refractivity contribution is -0.143. The summed E-state index contributed by atoms with van der Waals surface area (Å²) in [6.45, 7) is 8.94. The quantitative estimate of drug-likeness (QED) is 0.0410. The molecule has 0 aliphatic carbocycles. The van der Waals surface area contributed by atoms with Gasteiger partial charge in [-0.15, -0.1) is 0 Å². The summed E-state index contributed by atoms with van der Waals surface area (Å²) in [6.07, 6.45) is 2.66. The largest absolute Gasteiger partial charge is 0.481 e. The van der Waals surface area contributed by atoms with Crippen molar-refractivity contribution in [3.8, 4) is 0 Å². The lowest BCUT2D eigenvalue weighted by atomic mass is 9.96. The molecule has 0 aliphatic rings. The summed E-state index contributed by atoms with van der Waals surface area (Å²) in [4.78, 5) is 140. The maximum Gasteiger partial charge on any atom is 0.326 e. The van der Waals surface area contributed by atoms with Crippen LogP contribution in [0.3, 0.4) is 0 Å². The van der Waals surface area contributed by atoms with E-state index in [9.17, 15) is 58.2 Å². The number of carboxylic acid groups (broad SMARTS) is 3. The Bertz CT molecular complexity index is 2240. The number of carbonyl (C=O) groups excluding carboxylic acids is 7. The fourth-order valence-corrected chi connectivity index (χ4v) is 6.79. The Labute approximate surface area is 385 Å². The number of nitrogens with one attached hydrogen (secondary N) is 9. The Balaban J connectivity index is 1.92. The van der Waals surface area contributed by atoms with E-state index >= 15 is 0 Å². The molecule has 0 fully saturated rings. The maximum absolute atomic E-state index is 14.3. The van der Waals surface area contributed by atoms with E-state index in [0.29, 0.717) is 28.6 Å². The minimum atomic E-state index is -1.79. The van der Waals surface area contributed by atoms with Gasteiger partial charge in [0.25, 0.3) is 0 Å². The first kappa shape index (κ1) is 54.0. The van der Waals surface area contributed by atoms with Crippen LogP contribution in [0.25, 0.3) is 10.9 Å². The fraction of sp³-hybridized carbons (Fsp3) is 0.512. The van der Waals surface area contributed by atoms with Crippen molar-refractivity contribution in [2.24, 2.45) is 23.5 Å². The summed E-state index contributed by atoms with van der Waals surface area (Å²) in [7, 11) is 0. The number of imidazole rings is 1. The molecule has 24 nitrogen and oxygen atoms in total. The number of carbonyl (C=O) groups is 10. The lowest BCUT2D eigenvalue weighted by Crippen LogP contribution is -2.61. The average Bonchev–Trinajstić information content (AvgIpc) is 3.93. The van der Waals surface area contributed by atoms with Crippen LogP contribution >= 0.6 is 0 Å². The summed E-state index contributed by atoms with van der Waals surface area (Å²) in [5.41, 5.74) is 7.36. The Hall–Kier alpha value is -7.37. The van der Waals surface area contributed by atoms with Crippen molar-refractivity contribution in [2.75, 3.05) is 6.54 Å². The van der Waals surface area contributed by atoms with E-state index < -0.39 is 139 Å². The number of para-hydroxylation sites is 1. The number of aromatic amines is 2. The molecular weight excluding hydrogens is 879 g/mol. The summed E-state index contributed by atoms with van der Waals surface area (Å²) < 4.78 is 0. The summed E-state index contributed by atoms with van der Waals surface area (Å²) in [5, 5.41) is 46.1. The number of nitrogens with two attached hydrogens (primary N) is 1. The number of fused-ring (bicyclic) bond motifs is 1. The Morgan fingerprint density at radius 1 is 0.642 bits per heavy atom. The molecule has 14 N–H and O–H groups in total. The molecule has 7 amide bonds. The van der Waals surface area contributed by atoms with Gasteiger partial charge < -0.3 is 68.2 Å². The third kappa shape index (κ3) is 16.5. The van der Waals surface area contributed by atoms with Crippen molar-refractivity contribution in [1.29, 1.82) is 0 Å². The molecule has 24 heteroatoms. The molecule has 0 saturated carbocycles. The minimum absolute atomic E-state index is 0.179. The molecule has 8 atom stereocenters. The van der Waals surface area contributed by atoms with E-state index in [0.717, 1.165) is 0 Å². The number of rotatable bonds is 27. The normalized spacial score (nSPS) is 14.8. The molecule has 3 rings (SSSR count). The van der Waals surface area contributed by atoms with Crippen molar-refractivity contribution in [1.82, 2.24) is 52.2 Å². The number of carboxylic acids is 3. The number of aromatic nitrogens is 3. The number of benzene rings is 1. The second kappa shape index (κ2) is 25.4. The maximum atomic E-state index is 14.3. The summed E-state index contributed by atoms with van der Waals surface area (Å²) >= 11 is 0. The van der Waals surface area contributed by atoms with Gasteiger partial charge in [-0.25, -0.2) is 9.78 Å². The van der Waals surface area contributed by atoms with Crippen molar-refractivity contribution in [3.63, 3.8) is 0 Å². The zero-order chi connectivity index (χ0) is 50.1. The van der Waals surface area contributed by atoms with E-state index in [4.69, 9.17) is 10.8 Å². The first-order valence-corrected chi connectivity index (χ1v) is 21.6. The Morgan fingerprint density at radius 3 is 1.78 bits per heavy atom. The third-order valence-electron chi connectivity index (χ3n) is 10.8. The van der Waals surface area contributed by atoms with E-state index in [1.54, 1.807) is 72.0 Å². The zero-order valence-electron chi connectivity index (χ0n) is 38.0. The van der Waals surface area contributed by atoms with E-state index in [-0.39, 0.29) is 12.8 Å². The van der Waals surface area contributed by atoms with Gasteiger partial charge in [0.1, 0.15) is 36.3 Å². The summed E-state index contributed by atoms with van der Waals surface area (Å²) in [5.74, 6) is -12.3. The third-order valence-corrected chi connectivity index (χ3v) is 10.8.